The average Bonchev–Trinajstić information content (AvgIpc) is 3.69. The Hall–Kier alpha value is -2.71. The molecule has 0 saturated carbocycles. The molecule has 1 atom stereocenters. The quantitative estimate of drug-likeness (QED) is 0.274. The summed E-state index contributed by atoms with van der Waals surface area (Å²) in [4.78, 5) is 0. The van der Waals surface area contributed by atoms with E-state index in [4.69, 9.17) is 0 Å². The van der Waals surface area contributed by atoms with Gasteiger partial charge in [0.25, 0.3) is 0 Å². The Kier molecular flexibility index (Phi) is 5.48. The van der Waals surface area contributed by atoms with Crippen LogP contribution in [0, 0.1) is 0 Å². The van der Waals surface area contributed by atoms with Gasteiger partial charge in [0, 0.05) is 0 Å². The third kappa shape index (κ3) is 2.61. The van der Waals surface area contributed by atoms with Crippen molar-refractivity contribution in [2.45, 2.75) is 119 Å². The molecule has 0 aromatic carbocycles. The number of aromatic nitrogens is 3. The van der Waals surface area contributed by atoms with Gasteiger partial charge in [-0.1, -0.05) is 0 Å². The Labute approximate surface area is 246 Å². The van der Waals surface area contributed by atoms with Crippen LogP contribution in [0.5, 0.6) is 0 Å². The van der Waals surface area contributed by atoms with E-state index >= 15 is 0 Å². The molecule has 0 fully saturated rings. The molecule has 0 radical (unpaired) electrons. The van der Waals surface area contributed by atoms with E-state index < -0.39 is 7.87 Å². The average molecular weight is 567 g/mol. The minimum absolute atomic E-state index is 0.464. The van der Waals surface area contributed by atoms with Crippen molar-refractivity contribution in [3.05, 3.63) is 83.7 Å². The standard InChI is InChI=1S/C36H47N4P/c1-9-21-22(10-2)30-18-32-25(13-5)26(14-6)34-20-36-28(16-8)27(15-7)35-19-33-24(12-4)23(11-3)31-17-29(21)37(30)41(38(31)33,39(32)34)40(35)36/h17-19,34,41H,9-16,20H2,1-8H3. The summed E-state index contributed by atoms with van der Waals surface area (Å²) in [6.45, 7) is 19.2. The Morgan fingerprint density at radius 1 is 0.561 bits per heavy atom. The third-order valence-electron chi connectivity index (χ3n) is 11.4. The van der Waals surface area contributed by atoms with Crippen molar-refractivity contribution in [3.63, 3.8) is 0 Å². The zero-order valence-electron chi connectivity index (χ0n) is 26.5. The molecule has 5 heteroatoms. The molecule has 3 aromatic rings. The summed E-state index contributed by atoms with van der Waals surface area (Å²) in [5.74, 6) is 0. The van der Waals surface area contributed by atoms with Gasteiger partial charge < -0.3 is 0 Å². The second-order valence-electron chi connectivity index (χ2n) is 12.6. The zero-order chi connectivity index (χ0) is 28.5. The van der Waals surface area contributed by atoms with E-state index in [9.17, 15) is 0 Å². The van der Waals surface area contributed by atoms with Crippen LogP contribution in [0.4, 0.5) is 0 Å². The molecule has 4 nitrogen and oxygen atoms in total. The summed E-state index contributed by atoms with van der Waals surface area (Å²) in [7, 11) is -2.77. The minimum atomic E-state index is -2.77. The molecule has 0 saturated heterocycles. The van der Waals surface area contributed by atoms with Crippen molar-refractivity contribution in [1.82, 2.24) is 17.7 Å². The van der Waals surface area contributed by atoms with Gasteiger partial charge >= 0.3 is 247 Å². The van der Waals surface area contributed by atoms with E-state index in [1.807, 2.05) is 0 Å². The molecule has 216 valence electrons. The molecule has 5 aliphatic rings. The molecule has 8 rings (SSSR count). The van der Waals surface area contributed by atoms with Crippen molar-refractivity contribution in [2.24, 2.45) is 0 Å². The molecule has 3 aromatic heterocycles. The van der Waals surface area contributed by atoms with Crippen molar-refractivity contribution < 1.29 is 0 Å². The second kappa shape index (κ2) is 8.66. The molecule has 1 spiro atoms. The molecule has 41 heavy (non-hydrogen) atoms. The van der Waals surface area contributed by atoms with Crippen molar-refractivity contribution >= 4 is 26.1 Å². The monoisotopic (exact) mass is 566 g/mol. The van der Waals surface area contributed by atoms with Crippen molar-refractivity contribution in [3.8, 4) is 0 Å². The fraction of sp³-hybridized carbons (Fsp3) is 0.500. The first-order valence-electron chi connectivity index (χ1n) is 16.7. The first-order valence-corrected chi connectivity index (χ1v) is 18.5. The van der Waals surface area contributed by atoms with Crippen molar-refractivity contribution in [2.75, 3.05) is 0 Å². The molecule has 0 N–H and O–H groups in total. The number of hydrogen-bond donors (Lipinski definition) is 0. The summed E-state index contributed by atoms with van der Waals surface area (Å²) < 4.78 is 12.0. The van der Waals surface area contributed by atoms with Gasteiger partial charge in [-0.05, 0) is 0 Å². The second-order valence-corrected chi connectivity index (χ2v) is 15.6. The molecule has 8 heterocycles. The van der Waals surface area contributed by atoms with Gasteiger partial charge in [0.15, 0.2) is 0 Å². The Bertz CT molecular complexity index is 1870. The fourth-order valence-corrected chi connectivity index (χ4v) is 15.8. The van der Waals surface area contributed by atoms with Gasteiger partial charge in [-0.2, -0.15) is 0 Å². The van der Waals surface area contributed by atoms with Crippen LogP contribution >= 0.6 is 7.87 Å². The van der Waals surface area contributed by atoms with Crippen LogP contribution in [0.15, 0.2) is 16.8 Å². The van der Waals surface area contributed by atoms with Gasteiger partial charge in [0.1, 0.15) is 0 Å². The van der Waals surface area contributed by atoms with Gasteiger partial charge in [0.2, 0.25) is 0 Å². The van der Waals surface area contributed by atoms with Gasteiger partial charge in [-0.15, -0.1) is 0 Å². The summed E-state index contributed by atoms with van der Waals surface area (Å²) in [6.07, 6.45) is 17.9. The molecule has 1 unspecified atom stereocenters. The first kappa shape index (κ1) is 26.0. The van der Waals surface area contributed by atoms with Crippen LogP contribution in [-0.4, -0.2) is 23.7 Å². The number of allylic oxidation sites excluding steroid dienone is 1. The summed E-state index contributed by atoms with van der Waals surface area (Å²) >= 11 is 0. The van der Waals surface area contributed by atoms with Crippen molar-refractivity contribution in [1.29, 1.82) is 0 Å². The Morgan fingerprint density at radius 2 is 1.07 bits per heavy atom. The first-order chi connectivity index (χ1) is 20.0. The maximum atomic E-state index is 3.06. The van der Waals surface area contributed by atoms with Gasteiger partial charge in [0.05, 0.1) is 0 Å². The summed E-state index contributed by atoms with van der Waals surface area (Å²) in [5.41, 5.74) is 20.7. The van der Waals surface area contributed by atoms with E-state index in [0.29, 0.717) is 6.04 Å². The van der Waals surface area contributed by atoms with E-state index in [1.165, 1.54) is 27.8 Å². The Balaban J connectivity index is 1.69. The SMILES string of the molecule is CCC1=C(CC)C2Cc3c(CC)c(CC)c4n3[PH]35N2C1=Cc1c(CC)c(CC)c(n13)C=c1c(CC)c(CC)c(n15)=C4. The van der Waals surface area contributed by atoms with Crippen LogP contribution in [0.25, 0.3) is 18.2 Å². The number of hydrogen-bond acceptors (Lipinski definition) is 1. The van der Waals surface area contributed by atoms with Gasteiger partial charge in [-0.25, -0.2) is 0 Å². The maximum absolute atomic E-state index is 3.06. The van der Waals surface area contributed by atoms with Crippen LogP contribution in [0.2, 0.25) is 0 Å². The van der Waals surface area contributed by atoms with E-state index in [0.717, 1.165) is 57.8 Å². The van der Waals surface area contributed by atoms with E-state index in [2.05, 4.69) is 91.3 Å². The van der Waals surface area contributed by atoms with Crippen LogP contribution < -0.4 is 10.7 Å². The zero-order valence-corrected chi connectivity index (χ0v) is 27.5. The fourth-order valence-electron chi connectivity index (χ4n) is 10.1. The predicted molar refractivity (Wildman–Crippen MR) is 175 cm³/mol. The summed E-state index contributed by atoms with van der Waals surface area (Å²) in [6, 6.07) is 0.464. The van der Waals surface area contributed by atoms with Crippen LogP contribution in [0.3, 0.4) is 0 Å². The predicted octanol–water partition coefficient (Wildman–Crippen LogP) is 6.82. The number of nitrogens with zero attached hydrogens (tertiary/aromatic N) is 4. The van der Waals surface area contributed by atoms with Crippen LogP contribution in [0.1, 0.15) is 124 Å². The molecule has 0 bridgehead atoms. The molecule has 5 aliphatic heterocycles. The molecule has 0 aliphatic carbocycles. The summed E-state index contributed by atoms with van der Waals surface area (Å²) in [5, 5.41) is 3.03. The molecule has 0 amide bonds. The van der Waals surface area contributed by atoms with Gasteiger partial charge in [-0.3, -0.25) is 0 Å². The Morgan fingerprint density at radius 3 is 1.59 bits per heavy atom. The molecular formula is C36H47N4P. The third-order valence-corrected chi connectivity index (χ3v) is 15.9. The normalized spacial score (nSPS) is 20.5. The topological polar surface area (TPSA) is 18.0 Å². The molecular weight excluding hydrogens is 519 g/mol. The van der Waals surface area contributed by atoms with E-state index in [1.54, 1.807) is 55.9 Å². The van der Waals surface area contributed by atoms with Crippen LogP contribution in [-0.2, 0) is 44.9 Å². The number of rotatable bonds is 8. The van der Waals surface area contributed by atoms with E-state index in [-0.39, 0.29) is 0 Å².